The van der Waals surface area contributed by atoms with Gasteiger partial charge in [-0.15, -0.1) is 0 Å². The zero-order chi connectivity index (χ0) is 19.3. The number of hydrogen-bond donors (Lipinski definition) is 0. The SMILES string of the molecule is CCCCN1C(=O)C2C(N=C3N(c4cc(C)cc(C)c4)CCN32)N(C)C1=O. The number of nitrogens with zero attached hydrogens (tertiary/aromatic N) is 5. The topological polar surface area (TPSA) is 59.5 Å². The van der Waals surface area contributed by atoms with Gasteiger partial charge in [-0.25, -0.2) is 9.79 Å². The van der Waals surface area contributed by atoms with Crippen molar-refractivity contribution in [3.8, 4) is 0 Å². The van der Waals surface area contributed by atoms with Gasteiger partial charge in [-0.1, -0.05) is 19.4 Å². The molecule has 0 saturated carbocycles. The second-order valence-corrected chi connectivity index (χ2v) is 7.72. The van der Waals surface area contributed by atoms with Crippen LogP contribution in [0.1, 0.15) is 30.9 Å². The van der Waals surface area contributed by atoms with E-state index in [2.05, 4.69) is 48.8 Å². The van der Waals surface area contributed by atoms with E-state index in [-0.39, 0.29) is 11.9 Å². The number of imide groups is 1. The van der Waals surface area contributed by atoms with Crippen LogP contribution < -0.4 is 4.90 Å². The lowest BCUT2D eigenvalue weighted by molar-refractivity contribution is -0.137. The van der Waals surface area contributed by atoms with Gasteiger partial charge in [-0.2, -0.15) is 0 Å². The summed E-state index contributed by atoms with van der Waals surface area (Å²) in [7, 11) is 1.75. The largest absolute Gasteiger partial charge is 0.328 e. The Morgan fingerprint density at radius 2 is 1.81 bits per heavy atom. The molecular weight excluding hydrogens is 342 g/mol. The van der Waals surface area contributed by atoms with E-state index in [1.807, 2.05) is 0 Å². The van der Waals surface area contributed by atoms with E-state index in [0.29, 0.717) is 6.54 Å². The maximum atomic E-state index is 13.1. The lowest BCUT2D eigenvalue weighted by Crippen LogP contribution is -2.64. The molecule has 3 heterocycles. The summed E-state index contributed by atoms with van der Waals surface area (Å²) in [6.45, 7) is 8.24. The minimum atomic E-state index is -0.438. The predicted octanol–water partition coefficient (Wildman–Crippen LogP) is 2.18. The van der Waals surface area contributed by atoms with Gasteiger partial charge < -0.3 is 14.7 Å². The summed E-state index contributed by atoms with van der Waals surface area (Å²) in [6, 6.07) is 5.79. The Morgan fingerprint density at radius 1 is 1.11 bits per heavy atom. The summed E-state index contributed by atoms with van der Waals surface area (Å²) in [5, 5.41) is 0. The van der Waals surface area contributed by atoms with Gasteiger partial charge in [0.15, 0.2) is 12.2 Å². The van der Waals surface area contributed by atoms with Gasteiger partial charge in [0.1, 0.15) is 0 Å². The zero-order valence-corrected chi connectivity index (χ0v) is 16.5. The van der Waals surface area contributed by atoms with Crippen molar-refractivity contribution in [1.29, 1.82) is 0 Å². The molecule has 1 aromatic rings. The van der Waals surface area contributed by atoms with Crippen LogP contribution in [-0.2, 0) is 4.79 Å². The summed E-state index contributed by atoms with van der Waals surface area (Å²) in [6.07, 6.45) is 1.33. The van der Waals surface area contributed by atoms with Gasteiger partial charge in [0.25, 0.3) is 5.91 Å². The van der Waals surface area contributed by atoms with E-state index >= 15 is 0 Å². The number of carbonyl (C=O) groups excluding carboxylic acids is 2. The molecule has 2 saturated heterocycles. The van der Waals surface area contributed by atoms with Crippen molar-refractivity contribution < 1.29 is 9.59 Å². The number of guanidine groups is 1. The summed E-state index contributed by atoms with van der Waals surface area (Å²) < 4.78 is 0. The van der Waals surface area contributed by atoms with Gasteiger partial charge in [0.2, 0.25) is 5.96 Å². The number of likely N-dealkylation sites (N-methyl/N-ethyl adjacent to an activating group) is 1. The molecule has 3 aliphatic rings. The van der Waals surface area contributed by atoms with Crippen molar-refractivity contribution >= 4 is 23.6 Å². The van der Waals surface area contributed by atoms with Crippen LogP contribution in [0.4, 0.5) is 10.5 Å². The van der Waals surface area contributed by atoms with Crippen LogP contribution in [-0.4, -0.2) is 71.5 Å². The van der Waals surface area contributed by atoms with Crippen LogP contribution >= 0.6 is 0 Å². The number of aliphatic imine (C=N–C) groups is 1. The third-order valence-electron chi connectivity index (χ3n) is 5.63. The first-order valence-corrected chi connectivity index (χ1v) is 9.71. The second-order valence-electron chi connectivity index (χ2n) is 7.72. The highest BCUT2D eigenvalue weighted by atomic mass is 16.2. The summed E-state index contributed by atoms with van der Waals surface area (Å²) in [5.74, 6) is 0.693. The second kappa shape index (κ2) is 6.55. The maximum absolute atomic E-state index is 13.1. The third kappa shape index (κ3) is 2.76. The number of hydrogen-bond acceptors (Lipinski definition) is 5. The lowest BCUT2D eigenvalue weighted by atomic mass is 10.1. The molecule has 27 heavy (non-hydrogen) atoms. The number of carbonyl (C=O) groups is 2. The van der Waals surface area contributed by atoms with Gasteiger partial charge in [-0.3, -0.25) is 9.69 Å². The van der Waals surface area contributed by atoms with Crippen LogP contribution in [0.15, 0.2) is 23.2 Å². The number of amides is 3. The Hall–Kier alpha value is -2.57. The molecule has 144 valence electrons. The van der Waals surface area contributed by atoms with E-state index in [1.54, 1.807) is 11.9 Å². The summed E-state index contributed by atoms with van der Waals surface area (Å²) >= 11 is 0. The van der Waals surface area contributed by atoms with E-state index in [0.717, 1.165) is 37.6 Å². The molecule has 7 nitrogen and oxygen atoms in total. The number of aryl methyl sites for hydroxylation is 2. The van der Waals surface area contributed by atoms with Gasteiger partial charge in [0.05, 0.1) is 0 Å². The molecule has 0 spiro atoms. The molecular formula is C20H27N5O2. The number of anilines is 1. The average molecular weight is 369 g/mol. The Bertz CT molecular complexity index is 800. The molecule has 0 aliphatic carbocycles. The van der Waals surface area contributed by atoms with Crippen LogP contribution in [0.5, 0.6) is 0 Å². The quantitative estimate of drug-likeness (QED) is 0.816. The van der Waals surface area contributed by atoms with Crippen molar-refractivity contribution in [3.05, 3.63) is 29.3 Å². The highest BCUT2D eigenvalue weighted by molar-refractivity contribution is 6.08. The van der Waals surface area contributed by atoms with E-state index < -0.39 is 12.2 Å². The van der Waals surface area contributed by atoms with Gasteiger partial charge in [-0.05, 0) is 43.5 Å². The first-order valence-electron chi connectivity index (χ1n) is 9.71. The fourth-order valence-corrected chi connectivity index (χ4v) is 4.31. The molecule has 7 heteroatoms. The summed E-state index contributed by atoms with van der Waals surface area (Å²) in [4.78, 5) is 37.9. The number of benzene rings is 1. The molecule has 2 atom stereocenters. The van der Waals surface area contributed by atoms with Gasteiger partial charge >= 0.3 is 6.03 Å². The van der Waals surface area contributed by atoms with E-state index in [4.69, 9.17) is 4.99 Å². The highest BCUT2D eigenvalue weighted by Crippen LogP contribution is 2.33. The molecule has 0 radical (unpaired) electrons. The monoisotopic (exact) mass is 369 g/mol. The first-order chi connectivity index (χ1) is 12.9. The van der Waals surface area contributed by atoms with E-state index in [9.17, 15) is 9.59 Å². The fraction of sp³-hybridized carbons (Fsp3) is 0.550. The Morgan fingerprint density at radius 3 is 2.48 bits per heavy atom. The molecule has 3 amide bonds. The lowest BCUT2D eigenvalue weighted by Gasteiger charge is -2.40. The van der Waals surface area contributed by atoms with Crippen molar-refractivity contribution in [2.24, 2.45) is 4.99 Å². The molecule has 0 bridgehead atoms. The van der Waals surface area contributed by atoms with Gasteiger partial charge in [0, 0.05) is 32.4 Å². The summed E-state index contributed by atoms with van der Waals surface area (Å²) in [5.41, 5.74) is 3.50. The molecule has 4 rings (SSSR count). The third-order valence-corrected chi connectivity index (χ3v) is 5.63. The average Bonchev–Trinajstić information content (AvgIpc) is 3.18. The van der Waals surface area contributed by atoms with Crippen molar-refractivity contribution in [2.45, 2.75) is 45.8 Å². The molecule has 0 N–H and O–H groups in total. The van der Waals surface area contributed by atoms with Crippen molar-refractivity contribution in [1.82, 2.24) is 14.7 Å². The standard InChI is InChI=1S/C20H27N5O2/c1-5-6-7-25-18(26)16-17(22(4)20(25)27)21-19-23(8-9-24(16)19)15-11-13(2)10-14(3)12-15/h10-12,16-17H,5-9H2,1-4H3. The predicted molar refractivity (Wildman–Crippen MR) is 105 cm³/mol. The van der Waals surface area contributed by atoms with Crippen molar-refractivity contribution in [3.63, 3.8) is 0 Å². The van der Waals surface area contributed by atoms with Crippen molar-refractivity contribution in [2.75, 3.05) is 31.6 Å². The van der Waals surface area contributed by atoms with Crippen LogP contribution in [0.3, 0.4) is 0 Å². The zero-order valence-electron chi connectivity index (χ0n) is 16.5. The van der Waals surface area contributed by atoms with Crippen LogP contribution in [0.25, 0.3) is 0 Å². The number of rotatable bonds is 4. The smallest absolute Gasteiger partial charge is 0.325 e. The fourth-order valence-electron chi connectivity index (χ4n) is 4.31. The Balaban J connectivity index is 1.65. The normalized spacial score (nSPS) is 24.5. The van der Waals surface area contributed by atoms with E-state index in [1.165, 1.54) is 16.0 Å². The molecule has 0 aromatic heterocycles. The van der Waals surface area contributed by atoms with Crippen LogP contribution in [0.2, 0.25) is 0 Å². The molecule has 2 fully saturated rings. The molecule has 1 aromatic carbocycles. The number of fused-ring (bicyclic) bond motifs is 3. The number of urea groups is 1. The maximum Gasteiger partial charge on any atom is 0.328 e. The minimum Gasteiger partial charge on any atom is -0.325 e. The highest BCUT2D eigenvalue weighted by Gasteiger charge is 2.54. The van der Waals surface area contributed by atoms with Crippen LogP contribution in [0, 0.1) is 13.8 Å². The Labute approximate surface area is 160 Å². The Kier molecular flexibility index (Phi) is 4.32. The molecule has 3 aliphatic heterocycles. The first kappa shape index (κ1) is 17.8. The molecule has 2 unspecified atom stereocenters. The number of unbranched alkanes of at least 4 members (excludes halogenated alkanes) is 1. The minimum absolute atomic E-state index is 0.113.